The van der Waals surface area contributed by atoms with E-state index in [1.807, 2.05) is 6.92 Å². The summed E-state index contributed by atoms with van der Waals surface area (Å²) in [6, 6.07) is 0.388. The number of esters is 1. The number of rotatable bonds is 5. The van der Waals surface area contributed by atoms with E-state index in [0.717, 1.165) is 6.42 Å². The number of nitrogens with one attached hydrogen (secondary N) is 1. The van der Waals surface area contributed by atoms with Crippen molar-refractivity contribution >= 4 is 18.4 Å². The Kier molecular flexibility index (Phi) is 10.5. The molecule has 1 unspecified atom stereocenters. The van der Waals surface area contributed by atoms with Crippen molar-refractivity contribution in [2.45, 2.75) is 33.2 Å². The van der Waals surface area contributed by atoms with Gasteiger partial charge in [0.25, 0.3) is 0 Å². The monoisotopic (exact) mass is 195 g/mol. The maximum atomic E-state index is 10.8. The standard InChI is InChI=1S/C8H17NO2.ClH/c1-4-7(3)9-6-8(10)11-5-2;/h7,9H,4-6H2,1-3H3;1H. The molecule has 0 saturated heterocycles. The van der Waals surface area contributed by atoms with Crippen LogP contribution >= 0.6 is 12.4 Å². The van der Waals surface area contributed by atoms with E-state index in [1.165, 1.54) is 0 Å². The van der Waals surface area contributed by atoms with Crippen molar-refractivity contribution in [3.63, 3.8) is 0 Å². The Balaban J connectivity index is 0. The van der Waals surface area contributed by atoms with Crippen LogP contribution in [0.15, 0.2) is 0 Å². The number of ether oxygens (including phenoxy) is 1. The van der Waals surface area contributed by atoms with Gasteiger partial charge in [0.2, 0.25) is 0 Å². The molecule has 0 aliphatic heterocycles. The summed E-state index contributed by atoms with van der Waals surface area (Å²) in [6.07, 6.45) is 1.03. The van der Waals surface area contributed by atoms with E-state index in [-0.39, 0.29) is 18.4 Å². The molecule has 0 bridgehead atoms. The highest BCUT2D eigenvalue weighted by Crippen LogP contribution is 1.86. The van der Waals surface area contributed by atoms with Crippen LogP contribution in [0.25, 0.3) is 0 Å². The zero-order chi connectivity index (χ0) is 8.69. The summed E-state index contributed by atoms with van der Waals surface area (Å²) in [4.78, 5) is 10.8. The van der Waals surface area contributed by atoms with Crippen LogP contribution in [-0.4, -0.2) is 25.2 Å². The average Bonchev–Trinajstić information content (AvgIpc) is 2.01. The van der Waals surface area contributed by atoms with Crippen molar-refractivity contribution in [3.8, 4) is 0 Å². The second kappa shape index (κ2) is 8.81. The third-order valence-electron chi connectivity index (χ3n) is 1.51. The molecule has 0 heterocycles. The predicted molar refractivity (Wildman–Crippen MR) is 51.6 cm³/mol. The predicted octanol–water partition coefficient (Wildman–Crippen LogP) is 1.36. The summed E-state index contributed by atoms with van der Waals surface area (Å²) in [5, 5.41) is 3.04. The molecular weight excluding hydrogens is 178 g/mol. The van der Waals surface area contributed by atoms with Gasteiger partial charge in [0.05, 0.1) is 13.2 Å². The van der Waals surface area contributed by atoms with Crippen molar-refractivity contribution in [1.82, 2.24) is 5.32 Å². The lowest BCUT2D eigenvalue weighted by Gasteiger charge is -2.09. The van der Waals surface area contributed by atoms with E-state index in [9.17, 15) is 4.79 Å². The minimum atomic E-state index is -0.173. The molecule has 1 atom stereocenters. The zero-order valence-electron chi connectivity index (χ0n) is 7.92. The number of carbonyl (C=O) groups excluding carboxylic acids is 1. The number of halogens is 1. The van der Waals surface area contributed by atoms with E-state index in [2.05, 4.69) is 12.2 Å². The molecule has 0 aliphatic rings. The molecule has 3 nitrogen and oxygen atoms in total. The second-order valence-electron chi connectivity index (χ2n) is 2.50. The van der Waals surface area contributed by atoms with E-state index >= 15 is 0 Å². The quantitative estimate of drug-likeness (QED) is 0.674. The summed E-state index contributed by atoms with van der Waals surface area (Å²) in [5.41, 5.74) is 0. The maximum Gasteiger partial charge on any atom is 0.319 e. The van der Waals surface area contributed by atoms with Gasteiger partial charge in [-0.2, -0.15) is 0 Å². The lowest BCUT2D eigenvalue weighted by molar-refractivity contribution is -0.142. The average molecular weight is 196 g/mol. The van der Waals surface area contributed by atoms with Gasteiger partial charge in [-0.3, -0.25) is 4.79 Å². The smallest absolute Gasteiger partial charge is 0.319 e. The first-order valence-electron chi connectivity index (χ1n) is 4.09. The zero-order valence-corrected chi connectivity index (χ0v) is 8.74. The molecule has 0 aromatic heterocycles. The fourth-order valence-electron chi connectivity index (χ4n) is 0.614. The van der Waals surface area contributed by atoms with Gasteiger partial charge in [-0.25, -0.2) is 0 Å². The van der Waals surface area contributed by atoms with Crippen LogP contribution in [-0.2, 0) is 9.53 Å². The molecule has 0 aliphatic carbocycles. The van der Waals surface area contributed by atoms with Crippen LogP contribution in [0.4, 0.5) is 0 Å². The lowest BCUT2D eigenvalue weighted by Crippen LogP contribution is -2.31. The number of hydrogen-bond acceptors (Lipinski definition) is 3. The molecule has 0 spiro atoms. The molecule has 4 heteroatoms. The van der Waals surface area contributed by atoms with Gasteiger partial charge in [-0.15, -0.1) is 12.4 Å². The van der Waals surface area contributed by atoms with Gasteiger partial charge in [0.1, 0.15) is 0 Å². The van der Waals surface area contributed by atoms with E-state index < -0.39 is 0 Å². The Bertz CT molecular complexity index is 120. The van der Waals surface area contributed by atoms with E-state index in [1.54, 1.807) is 6.92 Å². The summed E-state index contributed by atoms with van der Waals surface area (Å²) >= 11 is 0. The highest BCUT2D eigenvalue weighted by molar-refractivity contribution is 5.85. The Labute approximate surface area is 80.3 Å². The second-order valence-corrected chi connectivity index (χ2v) is 2.50. The van der Waals surface area contributed by atoms with Gasteiger partial charge in [-0.05, 0) is 20.3 Å². The maximum absolute atomic E-state index is 10.8. The van der Waals surface area contributed by atoms with Gasteiger partial charge in [0, 0.05) is 6.04 Å². The molecular formula is C8H18ClNO2. The molecule has 0 aromatic carbocycles. The molecule has 12 heavy (non-hydrogen) atoms. The molecule has 0 radical (unpaired) electrons. The Morgan fingerprint density at radius 3 is 2.50 bits per heavy atom. The van der Waals surface area contributed by atoms with E-state index in [0.29, 0.717) is 19.2 Å². The molecule has 0 amide bonds. The Hall–Kier alpha value is -0.280. The van der Waals surface area contributed by atoms with Crippen LogP contribution in [0.1, 0.15) is 27.2 Å². The van der Waals surface area contributed by atoms with Gasteiger partial charge >= 0.3 is 5.97 Å². The van der Waals surface area contributed by atoms with Crippen molar-refractivity contribution < 1.29 is 9.53 Å². The van der Waals surface area contributed by atoms with Crippen LogP contribution in [0, 0.1) is 0 Å². The van der Waals surface area contributed by atoms with Crippen LogP contribution in [0.5, 0.6) is 0 Å². The number of hydrogen-bond donors (Lipinski definition) is 1. The molecule has 0 rings (SSSR count). The van der Waals surface area contributed by atoms with Crippen molar-refractivity contribution in [2.24, 2.45) is 0 Å². The molecule has 1 N–H and O–H groups in total. The van der Waals surface area contributed by atoms with Crippen LogP contribution in [0.3, 0.4) is 0 Å². The SMILES string of the molecule is CCOC(=O)CNC(C)CC.Cl. The van der Waals surface area contributed by atoms with Crippen molar-refractivity contribution in [3.05, 3.63) is 0 Å². The summed E-state index contributed by atoms with van der Waals surface area (Å²) in [7, 11) is 0. The Morgan fingerprint density at radius 1 is 1.50 bits per heavy atom. The van der Waals surface area contributed by atoms with E-state index in [4.69, 9.17) is 4.74 Å². The summed E-state index contributed by atoms with van der Waals surface area (Å²) in [5.74, 6) is -0.173. The third kappa shape index (κ3) is 7.82. The lowest BCUT2D eigenvalue weighted by atomic mass is 10.3. The van der Waals surface area contributed by atoms with Gasteiger partial charge in [0.15, 0.2) is 0 Å². The first-order valence-corrected chi connectivity index (χ1v) is 4.09. The summed E-state index contributed by atoms with van der Waals surface area (Å²) < 4.78 is 4.74. The van der Waals surface area contributed by atoms with Gasteiger partial charge in [-0.1, -0.05) is 6.92 Å². The first-order chi connectivity index (χ1) is 5.20. The molecule has 0 fully saturated rings. The fourth-order valence-corrected chi connectivity index (χ4v) is 0.614. The highest BCUT2D eigenvalue weighted by Gasteiger charge is 2.02. The highest BCUT2D eigenvalue weighted by atomic mass is 35.5. The van der Waals surface area contributed by atoms with Crippen LogP contribution < -0.4 is 5.32 Å². The van der Waals surface area contributed by atoms with Crippen LogP contribution in [0.2, 0.25) is 0 Å². The van der Waals surface area contributed by atoms with Crippen molar-refractivity contribution in [2.75, 3.05) is 13.2 Å². The molecule has 0 aromatic rings. The minimum Gasteiger partial charge on any atom is -0.465 e. The normalized spacial score (nSPS) is 11.6. The number of carbonyl (C=O) groups is 1. The largest absolute Gasteiger partial charge is 0.465 e. The van der Waals surface area contributed by atoms with Crippen molar-refractivity contribution in [1.29, 1.82) is 0 Å². The molecule has 74 valence electrons. The van der Waals surface area contributed by atoms with Gasteiger partial charge < -0.3 is 10.1 Å². The first kappa shape index (κ1) is 14.3. The third-order valence-corrected chi connectivity index (χ3v) is 1.51. The summed E-state index contributed by atoms with van der Waals surface area (Å²) in [6.45, 7) is 6.70. The minimum absolute atomic E-state index is 0. The molecule has 0 saturated carbocycles. The fraction of sp³-hybridized carbons (Fsp3) is 0.875. The Morgan fingerprint density at radius 2 is 2.08 bits per heavy atom. The topological polar surface area (TPSA) is 38.3 Å².